The van der Waals surface area contributed by atoms with Crippen LogP contribution >= 0.6 is 0 Å². The first-order valence-corrected chi connectivity index (χ1v) is 11.4. The van der Waals surface area contributed by atoms with E-state index in [4.69, 9.17) is 9.47 Å². The van der Waals surface area contributed by atoms with E-state index in [0.717, 1.165) is 12.0 Å². The molecule has 0 radical (unpaired) electrons. The molecule has 8 heteroatoms. The summed E-state index contributed by atoms with van der Waals surface area (Å²) in [5, 5.41) is 3.21. The third kappa shape index (κ3) is 4.37. The van der Waals surface area contributed by atoms with Crippen LogP contribution in [0.15, 0.2) is 48.5 Å². The Hall–Kier alpha value is -3.55. The lowest BCUT2D eigenvalue weighted by atomic mass is 9.95. The number of hydrogen-bond acceptors (Lipinski definition) is 5. The molecule has 33 heavy (non-hydrogen) atoms. The van der Waals surface area contributed by atoms with Gasteiger partial charge >= 0.3 is 0 Å². The zero-order valence-corrected chi connectivity index (χ0v) is 18.4. The Kier molecular flexibility index (Phi) is 5.90. The molecule has 5 rings (SSSR count). The first-order valence-electron chi connectivity index (χ1n) is 11.4. The van der Waals surface area contributed by atoms with E-state index in [1.807, 2.05) is 53.4 Å². The van der Waals surface area contributed by atoms with E-state index in [1.165, 1.54) is 0 Å². The zero-order valence-electron chi connectivity index (χ0n) is 18.4. The molecule has 0 saturated carbocycles. The van der Waals surface area contributed by atoms with Crippen molar-refractivity contribution in [2.24, 2.45) is 5.92 Å². The van der Waals surface area contributed by atoms with Crippen LogP contribution in [0.5, 0.6) is 11.5 Å². The largest absolute Gasteiger partial charge is 0.454 e. The number of benzene rings is 2. The Morgan fingerprint density at radius 3 is 2.36 bits per heavy atom. The number of rotatable bonds is 4. The molecule has 0 unspecified atom stereocenters. The maximum Gasteiger partial charge on any atom is 0.253 e. The number of hydrazine groups is 1. The van der Waals surface area contributed by atoms with Gasteiger partial charge < -0.3 is 14.4 Å². The lowest BCUT2D eigenvalue weighted by Gasteiger charge is -2.35. The van der Waals surface area contributed by atoms with Crippen molar-refractivity contribution in [3.63, 3.8) is 0 Å². The van der Waals surface area contributed by atoms with E-state index in [1.54, 1.807) is 10.0 Å². The number of likely N-dealkylation sites (tertiary alicyclic amines) is 1. The van der Waals surface area contributed by atoms with Gasteiger partial charge in [-0.25, -0.2) is 0 Å². The molecule has 2 saturated heterocycles. The van der Waals surface area contributed by atoms with Crippen LogP contribution < -0.4 is 9.47 Å². The first-order chi connectivity index (χ1) is 16.1. The van der Waals surface area contributed by atoms with Gasteiger partial charge in [-0.15, -0.1) is 0 Å². The Labute approximate surface area is 192 Å². The van der Waals surface area contributed by atoms with Gasteiger partial charge in [-0.05, 0) is 49.1 Å². The third-order valence-electron chi connectivity index (χ3n) is 6.52. The van der Waals surface area contributed by atoms with E-state index in [9.17, 15) is 14.4 Å². The summed E-state index contributed by atoms with van der Waals surface area (Å²) in [6.45, 7) is 2.37. The predicted molar refractivity (Wildman–Crippen MR) is 119 cm³/mol. The summed E-state index contributed by atoms with van der Waals surface area (Å²) in [5.74, 6) is 1.04. The lowest BCUT2D eigenvalue weighted by molar-refractivity contribution is -0.161. The highest BCUT2D eigenvalue weighted by Gasteiger charge is 2.36. The van der Waals surface area contributed by atoms with Gasteiger partial charge in [0.05, 0.1) is 6.42 Å². The van der Waals surface area contributed by atoms with Gasteiger partial charge in [0.1, 0.15) is 0 Å². The van der Waals surface area contributed by atoms with Gasteiger partial charge in [-0.1, -0.05) is 24.3 Å². The molecular formula is C25H27N3O5. The van der Waals surface area contributed by atoms with E-state index in [-0.39, 0.29) is 36.9 Å². The summed E-state index contributed by atoms with van der Waals surface area (Å²) in [6.07, 6.45) is 2.19. The Balaban J connectivity index is 1.18. The predicted octanol–water partition coefficient (Wildman–Crippen LogP) is 2.49. The summed E-state index contributed by atoms with van der Waals surface area (Å²) < 4.78 is 10.7. The standard InChI is InChI=1S/C25H27N3O5/c29-23(16-18-7-8-21-22(15-18)33-17-32-21)27-11-4-12-28(27)25(31)20-9-13-26(14-10-20)24(30)19-5-2-1-3-6-19/h1-3,5-8,15,20H,4,9-14,16-17H2. The molecule has 172 valence electrons. The second kappa shape index (κ2) is 9.13. The van der Waals surface area contributed by atoms with Crippen LogP contribution in [-0.2, 0) is 16.0 Å². The minimum Gasteiger partial charge on any atom is -0.454 e. The zero-order chi connectivity index (χ0) is 22.8. The molecule has 0 N–H and O–H groups in total. The molecule has 0 spiro atoms. The fourth-order valence-electron chi connectivity index (χ4n) is 4.72. The fourth-order valence-corrected chi connectivity index (χ4v) is 4.72. The molecule has 0 aromatic heterocycles. The summed E-state index contributed by atoms with van der Waals surface area (Å²) in [5.41, 5.74) is 1.50. The minimum absolute atomic E-state index is 0.00296. The van der Waals surface area contributed by atoms with Gasteiger partial charge in [0, 0.05) is 37.7 Å². The molecule has 0 aliphatic carbocycles. The molecule has 0 bridgehead atoms. The van der Waals surface area contributed by atoms with Crippen LogP contribution in [-0.4, -0.2) is 65.6 Å². The summed E-state index contributed by atoms with van der Waals surface area (Å²) in [7, 11) is 0. The maximum absolute atomic E-state index is 13.3. The normalized spacial score (nSPS) is 18.0. The average molecular weight is 450 g/mol. The third-order valence-corrected chi connectivity index (χ3v) is 6.52. The smallest absolute Gasteiger partial charge is 0.253 e. The molecule has 3 amide bonds. The quantitative estimate of drug-likeness (QED) is 0.717. The van der Waals surface area contributed by atoms with Gasteiger partial charge in [-0.3, -0.25) is 24.4 Å². The van der Waals surface area contributed by atoms with E-state index in [2.05, 4.69) is 0 Å². The van der Waals surface area contributed by atoms with Gasteiger partial charge in [0.25, 0.3) is 5.91 Å². The monoisotopic (exact) mass is 449 g/mol. The van der Waals surface area contributed by atoms with Crippen LogP contribution in [0.25, 0.3) is 0 Å². The summed E-state index contributed by atoms with van der Waals surface area (Å²) in [4.78, 5) is 40.8. The van der Waals surface area contributed by atoms with Gasteiger partial charge in [0.2, 0.25) is 18.6 Å². The van der Waals surface area contributed by atoms with E-state index >= 15 is 0 Å². The highest BCUT2D eigenvalue weighted by molar-refractivity contribution is 5.94. The second-order valence-electron chi connectivity index (χ2n) is 8.63. The highest BCUT2D eigenvalue weighted by Crippen LogP contribution is 2.33. The van der Waals surface area contributed by atoms with Crippen molar-refractivity contribution in [2.75, 3.05) is 33.0 Å². The molecule has 8 nitrogen and oxygen atoms in total. The Bertz CT molecular complexity index is 1050. The minimum atomic E-state index is -0.177. The average Bonchev–Trinajstić information content (AvgIpc) is 3.53. The number of nitrogens with zero attached hydrogens (tertiary/aromatic N) is 3. The molecule has 2 aromatic rings. The van der Waals surface area contributed by atoms with Gasteiger partial charge in [-0.2, -0.15) is 0 Å². The highest BCUT2D eigenvalue weighted by atomic mass is 16.7. The number of piperidine rings is 1. The molecule has 3 aliphatic heterocycles. The van der Waals surface area contributed by atoms with Crippen LogP contribution in [0.1, 0.15) is 35.2 Å². The van der Waals surface area contributed by atoms with Crippen molar-refractivity contribution >= 4 is 17.7 Å². The number of fused-ring (bicyclic) bond motifs is 1. The van der Waals surface area contributed by atoms with Crippen molar-refractivity contribution < 1.29 is 23.9 Å². The van der Waals surface area contributed by atoms with Crippen LogP contribution in [0.2, 0.25) is 0 Å². The number of amides is 3. The Morgan fingerprint density at radius 2 is 1.58 bits per heavy atom. The summed E-state index contributed by atoms with van der Waals surface area (Å²) >= 11 is 0. The maximum atomic E-state index is 13.3. The van der Waals surface area contributed by atoms with Crippen LogP contribution in [0, 0.1) is 5.92 Å². The Morgan fingerprint density at radius 1 is 0.848 bits per heavy atom. The molecule has 2 fully saturated rings. The molecule has 0 atom stereocenters. The number of hydrogen-bond donors (Lipinski definition) is 0. The summed E-state index contributed by atoms with van der Waals surface area (Å²) in [6, 6.07) is 14.7. The SMILES string of the molecule is O=C(c1ccccc1)N1CCC(C(=O)N2CCCN2C(=O)Cc2ccc3c(c2)OCO3)CC1. The van der Waals surface area contributed by atoms with Crippen molar-refractivity contribution in [3.8, 4) is 11.5 Å². The molecule has 3 aliphatic rings. The molecule has 3 heterocycles. The second-order valence-corrected chi connectivity index (χ2v) is 8.63. The lowest BCUT2D eigenvalue weighted by Crippen LogP contribution is -2.50. The van der Waals surface area contributed by atoms with Crippen molar-refractivity contribution in [3.05, 3.63) is 59.7 Å². The molecular weight excluding hydrogens is 422 g/mol. The first kappa shape index (κ1) is 21.3. The van der Waals surface area contributed by atoms with E-state index in [0.29, 0.717) is 56.1 Å². The molecule has 2 aromatic carbocycles. The van der Waals surface area contributed by atoms with Crippen molar-refractivity contribution in [1.29, 1.82) is 0 Å². The fraction of sp³-hybridized carbons (Fsp3) is 0.400. The van der Waals surface area contributed by atoms with Crippen LogP contribution in [0.3, 0.4) is 0 Å². The number of ether oxygens (including phenoxy) is 2. The van der Waals surface area contributed by atoms with Crippen molar-refractivity contribution in [1.82, 2.24) is 14.9 Å². The topological polar surface area (TPSA) is 79.4 Å². The van der Waals surface area contributed by atoms with E-state index < -0.39 is 0 Å². The van der Waals surface area contributed by atoms with Crippen LogP contribution in [0.4, 0.5) is 0 Å². The number of carbonyl (C=O) groups is 3. The van der Waals surface area contributed by atoms with Gasteiger partial charge in [0.15, 0.2) is 11.5 Å². The van der Waals surface area contributed by atoms with Crippen molar-refractivity contribution in [2.45, 2.75) is 25.7 Å². The number of carbonyl (C=O) groups excluding carboxylic acids is 3.